The lowest BCUT2D eigenvalue weighted by Crippen LogP contribution is -2.53. The first-order chi connectivity index (χ1) is 18.5. The quantitative estimate of drug-likeness (QED) is 0.315. The van der Waals surface area contributed by atoms with Crippen molar-refractivity contribution in [3.63, 3.8) is 0 Å². The molecule has 0 aliphatic carbocycles. The largest absolute Gasteiger partial charge is 0.352 e. The van der Waals surface area contributed by atoms with Gasteiger partial charge >= 0.3 is 0 Å². The molecule has 39 heavy (non-hydrogen) atoms. The van der Waals surface area contributed by atoms with Crippen LogP contribution in [0.25, 0.3) is 0 Å². The van der Waals surface area contributed by atoms with Crippen LogP contribution in [0.15, 0.2) is 88.7 Å². The summed E-state index contributed by atoms with van der Waals surface area (Å²) in [5.41, 5.74) is 2.36. The van der Waals surface area contributed by atoms with Gasteiger partial charge in [-0.05, 0) is 82.3 Å². The molecule has 3 aromatic carbocycles. The van der Waals surface area contributed by atoms with E-state index in [9.17, 15) is 18.0 Å². The van der Waals surface area contributed by atoms with Gasteiger partial charge in [0.2, 0.25) is 11.8 Å². The number of sulfonamides is 1. The summed E-state index contributed by atoms with van der Waals surface area (Å²) < 4.78 is 28.9. The van der Waals surface area contributed by atoms with Gasteiger partial charge in [0.25, 0.3) is 10.0 Å². The highest BCUT2D eigenvalue weighted by molar-refractivity contribution is 7.98. The van der Waals surface area contributed by atoms with Gasteiger partial charge in [0.15, 0.2) is 0 Å². The third-order valence-electron chi connectivity index (χ3n) is 6.33. The van der Waals surface area contributed by atoms with Crippen LogP contribution >= 0.6 is 11.8 Å². The Hall–Kier alpha value is -3.30. The van der Waals surface area contributed by atoms with Crippen molar-refractivity contribution in [2.75, 3.05) is 23.7 Å². The second kappa shape index (κ2) is 13.7. The minimum absolute atomic E-state index is 0.0927. The molecule has 3 rings (SSSR count). The fourth-order valence-corrected chi connectivity index (χ4v) is 5.91. The highest BCUT2D eigenvalue weighted by atomic mass is 32.2. The molecule has 0 bridgehead atoms. The van der Waals surface area contributed by atoms with Crippen molar-refractivity contribution in [3.8, 4) is 0 Å². The molecule has 1 unspecified atom stereocenters. The molecule has 0 spiro atoms. The van der Waals surface area contributed by atoms with Gasteiger partial charge in [-0.15, -0.1) is 11.8 Å². The number of anilines is 1. The first-order valence-corrected chi connectivity index (χ1v) is 15.6. The van der Waals surface area contributed by atoms with Gasteiger partial charge in [-0.3, -0.25) is 13.9 Å². The molecular formula is C30H37N3O4S2. The Morgan fingerprint density at radius 1 is 0.897 bits per heavy atom. The van der Waals surface area contributed by atoms with E-state index in [1.807, 2.05) is 69.5 Å². The summed E-state index contributed by atoms with van der Waals surface area (Å²) in [6.45, 7) is 7.12. The van der Waals surface area contributed by atoms with Crippen molar-refractivity contribution < 1.29 is 18.0 Å². The standard InChI is InChI=1S/C30H37N3O4S2/c1-22(2)31-30(35)24(4)32(20-19-25-9-7-6-8-10-25)29(34)21-33(26-13-11-23(3)12-14-26)39(36,37)28-17-15-27(38-5)16-18-28/h6-18,22,24H,19-21H2,1-5H3,(H,31,35). The maximum Gasteiger partial charge on any atom is 0.264 e. The maximum atomic E-state index is 13.9. The van der Waals surface area contributed by atoms with E-state index in [0.29, 0.717) is 12.1 Å². The van der Waals surface area contributed by atoms with E-state index in [4.69, 9.17) is 0 Å². The normalized spacial score (nSPS) is 12.2. The number of hydrogen-bond acceptors (Lipinski definition) is 5. The zero-order valence-electron chi connectivity index (χ0n) is 23.1. The number of amides is 2. The number of nitrogens with zero attached hydrogens (tertiary/aromatic N) is 2. The van der Waals surface area contributed by atoms with Crippen LogP contribution in [0, 0.1) is 6.92 Å². The van der Waals surface area contributed by atoms with E-state index in [-0.39, 0.29) is 23.4 Å². The number of nitrogens with one attached hydrogen (secondary N) is 1. The highest BCUT2D eigenvalue weighted by Gasteiger charge is 2.32. The van der Waals surface area contributed by atoms with Crippen LogP contribution in [0.5, 0.6) is 0 Å². The molecule has 0 saturated carbocycles. The molecule has 3 aromatic rings. The molecule has 0 aliphatic rings. The van der Waals surface area contributed by atoms with Crippen molar-refractivity contribution in [1.29, 1.82) is 0 Å². The zero-order chi connectivity index (χ0) is 28.6. The fourth-order valence-electron chi connectivity index (χ4n) is 4.09. The van der Waals surface area contributed by atoms with Crippen LogP contribution in [0.2, 0.25) is 0 Å². The molecule has 0 aliphatic heterocycles. The molecule has 0 heterocycles. The number of carbonyl (C=O) groups excluding carboxylic acids is 2. The predicted octanol–water partition coefficient (Wildman–Crippen LogP) is 4.90. The van der Waals surface area contributed by atoms with Crippen LogP contribution < -0.4 is 9.62 Å². The molecule has 208 valence electrons. The summed E-state index contributed by atoms with van der Waals surface area (Å²) in [5, 5.41) is 2.87. The Morgan fingerprint density at radius 2 is 1.51 bits per heavy atom. The van der Waals surface area contributed by atoms with Crippen LogP contribution in [0.1, 0.15) is 31.9 Å². The van der Waals surface area contributed by atoms with Crippen LogP contribution in [0.4, 0.5) is 5.69 Å². The third-order valence-corrected chi connectivity index (χ3v) is 8.86. The summed E-state index contributed by atoms with van der Waals surface area (Å²) in [5.74, 6) is -0.744. The molecular weight excluding hydrogens is 530 g/mol. The minimum atomic E-state index is -4.08. The van der Waals surface area contributed by atoms with Gasteiger partial charge in [0, 0.05) is 17.5 Å². The van der Waals surface area contributed by atoms with E-state index < -0.39 is 28.5 Å². The Kier molecular flexibility index (Phi) is 10.6. The van der Waals surface area contributed by atoms with E-state index >= 15 is 0 Å². The summed E-state index contributed by atoms with van der Waals surface area (Å²) in [6, 6.07) is 22.4. The third kappa shape index (κ3) is 8.10. The number of rotatable bonds is 12. The van der Waals surface area contributed by atoms with E-state index in [1.165, 1.54) is 16.7 Å². The maximum absolute atomic E-state index is 13.9. The van der Waals surface area contributed by atoms with E-state index in [2.05, 4.69) is 5.32 Å². The summed E-state index contributed by atoms with van der Waals surface area (Å²) in [7, 11) is -4.08. The zero-order valence-corrected chi connectivity index (χ0v) is 24.8. The Balaban J connectivity index is 1.97. The van der Waals surface area contributed by atoms with Gasteiger partial charge < -0.3 is 10.2 Å². The second-order valence-corrected chi connectivity index (χ2v) is 12.4. The van der Waals surface area contributed by atoms with Gasteiger partial charge in [-0.25, -0.2) is 8.42 Å². The lowest BCUT2D eigenvalue weighted by molar-refractivity contribution is -0.139. The van der Waals surface area contributed by atoms with Gasteiger partial charge in [-0.2, -0.15) is 0 Å². The van der Waals surface area contributed by atoms with Crippen LogP contribution in [-0.2, 0) is 26.0 Å². The van der Waals surface area contributed by atoms with Gasteiger partial charge in [-0.1, -0.05) is 48.0 Å². The first kappa shape index (κ1) is 30.2. The van der Waals surface area contributed by atoms with Crippen molar-refractivity contribution in [2.45, 2.75) is 56.0 Å². The molecule has 1 N–H and O–H groups in total. The highest BCUT2D eigenvalue weighted by Crippen LogP contribution is 2.26. The van der Waals surface area contributed by atoms with Crippen LogP contribution in [-0.4, -0.2) is 56.6 Å². The van der Waals surface area contributed by atoms with Crippen molar-refractivity contribution in [1.82, 2.24) is 10.2 Å². The van der Waals surface area contributed by atoms with Gasteiger partial charge in [0.05, 0.1) is 10.6 Å². The molecule has 9 heteroatoms. The number of aryl methyl sites for hydroxylation is 1. The smallest absolute Gasteiger partial charge is 0.264 e. The molecule has 2 amide bonds. The molecule has 7 nitrogen and oxygen atoms in total. The Labute approximate surface area is 236 Å². The SMILES string of the molecule is CSc1ccc(S(=O)(=O)N(CC(=O)N(CCc2ccccc2)C(C)C(=O)NC(C)C)c2ccc(C)cc2)cc1. The number of thioether (sulfide) groups is 1. The average Bonchev–Trinajstić information content (AvgIpc) is 2.92. The van der Waals surface area contributed by atoms with Crippen molar-refractivity contribution >= 4 is 39.3 Å². The monoisotopic (exact) mass is 567 g/mol. The molecule has 0 aromatic heterocycles. The lowest BCUT2D eigenvalue weighted by Gasteiger charge is -2.32. The second-order valence-electron chi connectivity index (χ2n) is 9.68. The number of carbonyl (C=O) groups is 2. The Bertz CT molecular complexity index is 1340. The average molecular weight is 568 g/mol. The summed E-state index contributed by atoms with van der Waals surface area (Å²) >= 11 is 1.52. The number of benzene rings is 3. The molecule has 0 fully saturated rings. The Morgan fingerprint density at radius 3 is 2.08 bits per heavy atom. The molecule has 0 radical (unpaired) electrons. The number of hydrogen-bond donors (Lipinski definition) is 1. The fraction of sp³-hybridized carbons (Fsp3) is 0.333. The van der Waals surface area contributed by atoms with Crippen LogP contribution in [0.3, 0.4) is 0 Å². The predicted molar refractivity (Wildman–Crippen MR) is 159 cm³/mol. The lowest BCUT2D eigenvalue weighted by atomic mass is 10.1. The molecule has 1 atom stereocenters. The first-order valence-electron chi connectivity index (χ1n) is 12.9. The van der Waals surface area contributed by atoms with E-state index in [1.54, 1.807) is 43.3 Å². The summed E-state index contributed by atoms with van der Waals surface area (Å²) in [6.07, 6.45) is 2.45. The minimum Gasteiger partial charge on any atom is -0.352 e. The van der Waals surface area contributed by atoms with Crippen molar-refractivity contribution in [2.24, 2.45) is 0 Å². The summed E-state index contributed by atoms with van der Waals surface area (Å²) in [4.78, 5) is 29.3. The van der Waals surface area contributed by atoms with E-state index in [0.717, 1.165) is 20.3 Å². The van der Waals surface area contributed by atoms with Gasteiger partial charge in [0.1, 0.15) is 12.6 Å². The molecule has 0 saturated heterocycles. The van der Waals surface area contributed by atoms with Crippen molar-refractivity contribution in [3.05, 3.63) is 90.0 Å². The topological polar surface area (TPSA) is 86.8 Å².